The molecule has 3 aromatic rings. The van der Waals surface area contributed by atoms with Crippen LogP contribution in [-0.2, 0) is 6.54 Å². The van der Waals surface area contributed by atoms with Crippen LogP contribution in [0.2, 0.25) is 0 Å². The molecule has 4 rings (SSSR count). The minimum absolute atomic E-state index is 0.234. The smallest absolute Gasteiger partial charge is 0.208 e. The van der Waals surface area contributed by atoms with Crippen LogP contribution >= 0.6 is 0 Å². The van der Waals surface area contributed by atoms with Crippen LogP contribution in [0.3, 0.4) is 0 Å². The molecule has 1 fully saturated rings. The summed E-state index contributed by atoms with van der Waals surface area (Å²) in [5, 5.41) is 12.6. The molecule has 6 heteroatoms. The molecule has 0 unspecified atom stereocenters. The van der Waals surface area contributed by atoms with Gasteiger partial charge in [-0.3, -0.25) is 0 Å². The molecule has 6 nitrogen and oxygen atoms in total. The highest BCUT2D eigenvalue weighted by Crippen LogP contribution is 2.28. The number of aliphatic hydroxyl groups excluding tert-OH is 1. The zero-order valence-electron chi connectivity index (χ0n) is 14.4. The number of rotatable bonds is 5. The van der Waals surface area contributed by atoms with Gasteiger partial charge in [0.2, 0.25) is 5.95 Å². The van der Waals surface area contributed by atoms with Gasteiger partial charge in [0, 0.05) is 32.7 Å². The number of nitrogens with one attached hydrogen (secondary N) is 1. The topological polar surface area (TPSA) is 66.2 Å². The van der Waals surface area contributed by atoms with Crippen LogP contribution < -0.4 is 10.2 Å². The van der Waals surface area contributed by atoms with Gasteiger partial charge in [0.25, 0.3) is 0 Å². The lowest BCUT2D eigenvalue weighted by Crippen LogP contribution is -2.24. The fourth-order valence-electron chi connectivity index (χ4n) is 3.46. The number of anilines is 2. The van der Waals surface area contributed by atoms with E-state index < -0.39 is 0 Å². The number of aliphatic hydroxyl groups is 1. The number of hydrogen-bond acceptors (Lipinski definition) is 5. The van der Waals surface area contributed by atoms with Gasteiger partial charge < -0.3 is 19.9 Å². The van der Waals surface area contributed by atoms with Crippen molar-refractivity contribution >= 4 is 22.8 Å². The maximum atomic E-state index is 9.47. The molecule has 0 bridgehead atoms. The second-order valence-corrected chi connectivity index (χ2v) is 6.58. The summed E-state index contributed by atoms with van der Waals surface area (Å²) in [4.78, 5) is 11.6. The third kappa shape index (κ3) is 3.05. The molecule has 1 aromatic carbocycles. The maximum absolute atomic E-state index is 9.47. The molecule has 0 amide bonds. The Kier molecular flexibility index (Phi) is 4.28. The first-order chi connectivity index (χ1) is 12.3. The van der Waals surface area contributed by atoms with Crippen LogP contribution in [0.5, 0.6) is 0 Å². The highest BCUT2D eigenvalue weighted by Gasteiger charge is 2.26. The molecule has 0 aliphatic carbocycles. The zero-order valence-corrected chi connectivity index (χ0v) is 14.4. The first-order valence-electron chi connectivity index (χ1n) is 8.72. The van der Waals surface area contributed by atoms with Crippen molar-refractivity contribution in [1.29, 1.82) is 0 Å². The van der Waals surface area contributed by atoms with Crippen molar-refractivity contribution in [1.82, 2.24) is 14.5 Å². The van der Waals surface area contributed by atoms with E-state index in [0.29, 0.717) is 5.92 Å². The Morgan fingerprint density at radius 2 is 2.12 bits per heavy atom. The molecule has 3 heterocycles. The second-order valence-electron chi connectivity index (χ2n) is 6.58. The minimum atomic E-state index is 0.234. The summed E-state index contributed by atoms with van der Waals surface area (Å²) in [6.07, 6.45) is 2.81. The highest BCUT2D eigenvalue weighted by molar-refractivity contribution is 5.78. The third-order valence-corrected chi connectivity index (χ3v) is 4.88. The number of imidazole rings is 1. The van der Waals surface area contributed by atoms with E-state index in [4.69, 9.17) is 4.98 Å². The van der Waals surface area contributed by atoms with E-state index in [-0.39, 0.29) is 6.61 Å². The Labute approximate surface area is 147 Å². The van der Waals surface area contributed by atoms with E-state index >= 15 is 0 Å². The molecule has 2 N–H and O–H groups in total. The van der Waals surface area contributed by atoms with Crippen molar-refractivity contribution in [3.05, 3.63) is 48.2 Å². The predicted molar refractivity (Wildman–Crippen MR) is 100 cm³/mol. The van der Waals surface area contributed by atoms with Gasteiger partial charge in [-0.05, 0) is 18.1 Å². The summed E-state index contributed by atoms with van der Waals surface area (Å²) in [6.45, 7) is 2.75. The summed E-state index contributed by atoms with van der Waals surface area (Å²) in [7, 11) is 1.90. The first-order valence-corrected chi connectivity index (χ1v) is 8.72. The Morgan fingerprint density at radius 3 is 2.84 bits per heavy atom. The normalized spacial score (nSPS) is 17.4. The monoisotopic (exact) mass is 337 g/mol. The largest absolute Gasteiger partial charge is 0.396 e. The maximum Gasteiger partial charge on any atom is 0.208 e. The third-order valence-electron chi connectivity index (χ3n) is 4.88. The van der Waals surface area contributed by atoms with Crippen molar-refractivity contribution < 1.29 is 5.11 Å². The predicted octanol–water partition coefficient (Wildman–Crippen LogP) is 2.34. The molecular formula is C19H23N5O. The van der Waals surface area contributed by atoms with Crippen LogP contribution in [0.4, 0.5) is 11.6 Å². The molecule has 0 spiro atoms. The van der Waals surface area contributed by atoms with Crippen molar-refractivity contribution in [2.75, 3.05) is 37.0 Å². The molecule has 1 aliphatic heterocycles. The van der Waals surface area contributed by atoms with Gasteiger partial charge in [-0.25, -0.2) is 4.98 Å². The summed E-state index contributed by atoms with van der Waals surface area (Å²) in [6, 6.07) is 12.5. The zero-order chi connectivity index (χ0) is 17.2. The number of hydrogen-bond donors (Lipinski definition) is 2. The molecule has 2 aromatic heterocycles. The number of aromatic nitrogens is 3. The van der Waals surface area contributed by atoms with Crippen LogP contribution in [0.1, 0.15) is 12.0 Å². The standard InChI is InChI=1S/C19H23N5O/c1-20-16-9-17-18(21-10-16)22-19(23-8-7-15(11-23)13-25)24(17)12-14-5-3-2-4-6-14/h2-6,9-10,15,20,25H,7-8,11-13H2,1H3/t15-/m0/s1. The molecule has 130 valence electrons. The summed E-state index contributed by atoms with van der Waals surface area (Å²) >= 11 is 0. The summed E-state index contributed by atoms with van der Waals surface area (Å²) in [5.74, 6) is 1.27. The fraction of sp³-hybridized carbons (Fsp3) is 0.368. The SMILES string of the molecule is CNc1cnc2nc(N3CC[C@H](CO)C3)n(Cc3ccccc3)c2c1. The van der Waals surface area contributed by atoms with Gasteiger partial charge in [-0.2, -0.15) is 4.98 Å². The van der Waals surface area contributed by atoms with Crippen LogP contribution in [0.15, 0.2) is 42.6 Å². The van der Waals surface area contributed by atoms with Crippen molar-refractivity contribution in [2.45, 2.75) is 13.0 Å². The van der Waals surface area contributed by atoms with E-state index in [9.17, 15) is 5.11 Å². The van der Waals surface area contributed by atoms with Crippen LogP contribution in [0.25, 0.3) is 11.2 Å². The molecular weight excluding hydrogens is 314 g/mol. The lowest BCUT2D eigenvalue weighted by Gasteiger charge is -2.19. The Morgan fingerprint density at radius 1 is 1.28 bits per heavy atom. The molecule has 1 saturated heterocycles. The van der Waals surface area contributed by atoms with Crippen molar-refractivity contribution in [2.24, 2.45) is 5.92 Å². The van der Waals surface area contributed by atoms with Gasteiger partial charge in [0.05, 0.1) is 23.9 Å². The van der Waals surface area contributed by atoms with Gasteiger partial charge >= 0.3 is 0 Å². The van der Waals surface area contributed by atoms with E-state index in [0.717, 1.165) is 48.9 Å². The Bertz CT molecular complexity index is 861. The Hall–Kier alpha value is -2.60. The summed E-state index contributed by atoms with van der Waals surface area (Å²) < 4.78 is 2.23. The van der Waals surface area contributed by atoms with Gasteiger partial charge in [-0.15, -0.1) is 0 Å². The number of fused-ring (bicyclic) bond motifs is 1. The molecule has 1 atom stereocenters. The quantitative estimate of drug-likeness (QED) is 0.748. The Balaban J connectivity index is 1.79. The first kappa shape index (κ1) is 15.9. The number of pyridine rings is 1. The van der Waals surface area contributed by atoms with Gasteiger partial charge in [0.15, 0.2) is 5.65 Å². The van der Waals surface area contributed by atoms with Crippen LogP contribution in [0, 0.1) is 5.92 Å². The van der Waals surface area contributed by atoms with Crippen molar-refractivity contribution in [3.8, 4) is 0 Å². The fourth-order valence-corrected chi connectivity index (χ4v) is 3.46. The van der Waals surface area contributed by atoms with E-state index in [1.54, 1.807) is 0 Å². The van der Waals surface area contributed by atoms with E-state index in [1.165, 1.54) is 5.56 Å². The average Bonchev–Trinajstić information content (AvgIpc) is 3.27. The minimum Gasteiger partial charge on any atom is -0.396 e. The number of nitrogens with zero attached hydrogens (tertiary/aromatic N) is 4. The van der Waals surface area contributed by atoms with Gasteiger partial charge in [-0.1, -0.05) is 30.3 Å². The van der Waals surface area contributed by atoms with E-state index in [1.807, 2.05) is 19.3 Å². The second kappa shape index (κ2) is 6.72. The highest BCUT2D eigenvalue weighted by atomic mass is 16.3. The average molecular weight is 337 g/mol. The molecule has 0 radical (unpaired) electrons. The summed E-state index contributed by atoms with van der Waals surface area (Å²) in [5.41, 5.74) is 3.99. The van der Waals surface area contributed by atoms with E-state index in [2.05, 4.69) is 50.1 Å². The van der Waals surface area contributed by atoms with Crippen molar-refractivity contribution in [3.63, 3.8) is 0 Å². The molecule has 0 saturated carbocycles. The van der Waals surface area contributed by atoms with Crippen LogP contribution in [-0.4, -0.2) is 46.4 Å². The molecule has 1 aliphatic rings. The number of benzene rings is 1. The lowest BCUT2D eigenvalue weighted by atomic mass is 10.1. The van der Waals surface area contributed by atoms with Gasteiger partial charge in [0.1, 0.15) is 0 Å². The molecule has 25 heavy (non-hydrogen) atoms. The lowest BCUT2D eigenvalue weighted by molar-refractivity contribution is 0.238.